The van der Waals surface area contributed by atoms with Crippen molar-refractivity contribution >= 4 is 28.8 Å². The van der Waals surface area contributed by atoms with Crippen LogP contribution in [0.4, 0.5) is 5.69 Å². The Bertz CT molecular complexity index is 973. The van der Waals surface area contributed by atoms with Crippen LogP contribution in [-0.4, -0.2) is 24.5 Å². The highest BCUT2D eigenvalue weighted by Gasteiger charge is 2.44. The van der Waals surface area contributed by atoms with Gasteiger partial charge in [0.25, 0.3) is 5.91 Å². The van der Waals surface area contributed by atoms with E-state index in [1.165, 1.54) is 18.9 Å². The summed E-state index contributed by atoms with van der Waals surface area (Å²) in [6, 6.07) is 14.9. The maximum Gasteiger partial charge on any atom is 0.269 e. The molecule has 0 aromatic heterocycles. The quantitative estimate of drug-likeness (QED) is 0.572. The zero-order valence-corrected chi connectivity index (χ0v) is 16.3. The van der Waals surface area contributed by atoms with Crippen molar-refractivity contribution in [2.45, 2.75) is 38.7 Å². The minimum atomic E-state index is -0.378. The van der Waals surface area contributed by atoms with Crippen molar-refractivity contribution in [3.63, 3.8) is 0 Å². The van der Waals surface area contributed by atoms with E-state index < -0.39 is 0 Å². The number of nitrogens with zero attached hydrogens (tertiary/aromatic N) is 1. The molecule has 1 saturated carbocycles. The molecule has 4 rings (SSSR count). The van der Waals surface area contributed by atoms with Gasteiger partial charge in [0.05, 0.1) is 18.4 Å². The first-order valence-corrected chi connectivity index (χ1v) is 9.52. The summed E-state index contributed by atoms with van der Waals surface area (Å²) in [4.78, 5) is 26.6. The molecule has 0 unspecified atom stereocenters. The van der Waals surface area contributed by atoms with Crippen LogP contribution >= 0.6 is 0 Å². The van der Waals surface area contributed by atoms with Crippen LogP contribution in [0.2, 0.25) is 0 Å². The fourth-order valence-corrected chi connectivity index (χ4v) is 3.71. The molecule has 1 fully saturated rings. The number of rotatable bonds is 5. The Balaban J connectivity index is 1.88. The van der Waals surface area contributed by atoms with E-state index in [9.17, 15) is 9.59 Å². The first-order valence-electron chi connectivity index (χ1n) is 9.52. The maximum absolute atomic E-state index is 13.2. The van der Waals surface area contributed by atoms with Gasteiger partial charge in [-0.2, -0.15) is 0 Å². The number of imide groups is 1. The van der Waals surface area contributed by atoms with Crippen LogP contribution < -0.4 is 9.64 Å². The fourth-order valence-electron chi connectivity index (χ4n) is 3.71. The molecule has 2 aromatic rings. The lowest BCUT2D eigenvalue weighted by molar-refractivity contribution is -0.122. The lowest BCUT2D eigenvalue weighted by atomic mass is 10.0. The number of fused-ring (bicyclic) bond motifs is 1. The molecule has 1 heterocycles. The van der Waals surface area contributed by atoms with Gasteiger partial charge in [0.15, 0.2) is 0 Å². The molecule has 2 amide bonds. The molecule has 5 nitrogen and oxygen atoms in total. The molecule has 2 aliphatic rings. The van der Waals surface area contributed by atoms with Gasteiger partial charge in [0.2, 0.25) is 5.91 Å². The molecule has 5 heteroatoms. The van der Waals surface area contributed by atoms with Gasteiger partial charge in [-0.1, -0.05) is 37.3 Å². The monoisotopic (exact) mass is 377 g/mol. The van der Waals surface area contributed by atoms with E-state index in [1.807, 2.05) is 42.5 Å². The van der Waals surface area contributed by atoms with Crippen LogP contribution in [0.5, 0.6) is 5.75 Å². The Morgan fingerprint density at radius 1 is 1.14 bits per heavy atom. The second kappa shape index (κ2) is 6.82. The van der Waals surface area contributed by atoms with E-state index in [-0.39, 0.29) is 17.4 Å². The molecule has 28 heavy (non-hydrogen) atoms. The minimum absolute atomic E-state index is 0.0928. The Morgan fingerprint density at radius 2 is 1.86 bits per heavy atom. The van der Waals surface area contributed by atoms with E-state index in [1.54, 1.807) is 6.07 Å². The van der Waals surface area contributed by atoms with Gasteiger partial charge in [0, 0.05) is 18.1 Å². The number of anilines is 1. The SMILES string of the molecule is CCC1(Oc2ccc3c(c2)/C(=C(/OC)c2ccccc2)C(=O)N3C(C)=O)CC1. The number of carbonyl (C=O) groups excluding carboxylic acids is 2. The summed E-state index contributed by atoms with van der Waals surface area (Å²) in [6.45, 7) is 3.51. The van der Waals surface area contributed by atoms with Crippen molar-refractivity contribution in [1.82, 2.24) is 0 Å². The molecule has 0 N–H and O–H groups in total. The van der Waals surface area contributed by atoms with Gasteiger partial charge in [-0.3, -0.25) is 9.59 Å². The third kappa shape index (κ3) is 2.97. The molecule has 0 bridgehead atoms. The van der Waals surface area contributed by atoms with E-state index in [2.05, 4.69) is 6.92 Å². The molecule has 0 radical (unpaired) electrons. The van der Waals surface area contributed by atoms with Gasteiger partial charge in [-0.25, -0.2) is 4.90 Å². The average Bonchev–Trinajstić information content (AvgIpc) is 3.41. The van der Waals surface area contributed by atoms with Crippen LogP contribution in [0, 0.1) is 0 Å². The molecule has 2 aromatic carbocycles. The highest BCUT2D eigenvalue weighted by Crippen LogP contribution is 2.46. The summed E-state index contributed by atoms with van der Waals surface area (Å²) in [5, 5.41) is 0. The topological polar surface area (TPSA) is 55.8 Å². The summed E-state index contributed by atoms with van der Waals surface area (Å²) in [7, 11) is 1.54. The lowest BCUT2D eigenvalue weighted by Crippen LogP contribution is -2.31. The molecule has 144 valence electrons. The zero-order valence-electron chi connectivity index (χ0n) is 16.3. The van der Waals surface area contributed by atoms with Crippen LogP contribution in [0.25, 0.3) is 11.3 Å². The van der Waals surface area contributed by atoms with Crippen molar-refractivity contribution < 1.29 is 19.1 Å². The normalized spacial score (nSPS) is 18.5. The van der Waals surface area contributed by atoms with Crippen molar-refractivity contribution in [3.8, 4) is 5.75 Å². The first-order chi connectivity index (χ1) is 13.5. The van der Waals surface area contributed by atoms with Crippen LogP contribution in [-0.2, 0) is 14.3 Å². The van der Waals surface area contributed by atoms with Gasteiger partial charge in [-0.05, 0) is 37.5 Å². The van der Waals surface area contributed by atoms with E-state index in [0.717, 1.165) is 24.8 Å². The average molecular weight is 377 g/mol. The number of ether oxygens (including phenoxy) is 2. The molecule has 0 spiro atoms. The predicted octanol–water partition coefficient (Wildman–Crippen LogP) is 4.42. The minimum Gasteiger partial charge on any atom is -0.495 e. The van der Waals surface area contributed by atoms with E-state index in [0.29, 0.717) is 28.3 Å². The molecule has 0 atom stereocenters. The second-order valence-corrected chi connectivity index (χ2v) is 7.25. The number of carbonyl (C=O) groups is 2. The van der Waals surface area contributed by atoms with Crippen LogP contribution in [0.15, 0.2) is 48.5 Å². The number of amides is 2. The molecule has 1 aliphatic carbocycles. The zero-order chi connectivity index (χ0) is 19.9. The third-order valence-corrected chi connectivity index (χ3v) is 5.46. The van der Waals surface area contributed by atoms with Crippen molar-refractivity contribution in [1.29, 1.82) is 0 Å². The molecular weight excluding hydrogens is 354 g/mol. The highest BCUT2D eigenvalue weighted by molar-refractivity contribution is 6.42. The number of methoxy groups -OCH3 is 1. The number of benzene rings is 2. The number of hydrogen-bond donors (Lipinski definition) is 0. The molecule has 1 aliphatic heterocycles. The Labute approximate surface area is 164 Å². The summed E-state index contributed by atoms with van der Waals surface area (Å²) in [5.74, 6) is 0.448. The maximum atomic E-state index is 13.2. The second-order valence-electron chi connectivity index (χ2n) is 7.25. The van der Waals surface area contributed by atoms with E-state index in [4.69, 9.17) is 9.47 Å². The van der Waals surface area contributed by atoms with Gasteiger partial charge < -0.3 is 9.47 Å². The summed E-state index contributed by atoms with van der Waals surface area (Å²) >= 11 is 0. The van der Waals surface area contributed by atoms with Crippen molar-refractivity contribution in [2.24, 2.45) is 0 Å². The smallest absolute Gasteiger partial charge is 0.269 e. The lowest BCUT2D eigenvalue weighted by Gasteiger charge is -2.17. The predicted molar refractivity (Wildman–Crippen MR) is 108 cm³/mol. The Kier molecular flexibility index (Phi) is 4.46. The summed E-state index contributed by atoms with van der Waals surface area (Å²) < 4.78 is 11.8. The summed E-state index contributed by atoms with van der Waals surface area (Å²) in [5.41, 5.74) is 2.29. The standard InChI is InChI=1S/C23H23NO4/c1-4-23(12-13-23)28-17-10-11-19-18(14-17)20(22(26)24(19)15(2)25)21(27-3)16-8-6-5-7-9-16/h5-11,14H,4,12-13H2,1-3H3/b21-20-. The van der Waals surface area contributed by atoms with Crippen molar-refractivity contribution in [2.75, 3.05) is 12.0 Å². The highest BCUT2D eigenvalue weighted by atomic mass is 16.5. The third-order valence-electron chi connectivity index (χ3n) is 5.46. The Hall–Kier alpha value is -3.08. The Morgan fingerprint density at radius 3 is 2.43 bits per heavy atom. The number of hydrogen-bond acceptors (Lipinski definition) is 4. The van der Waals surface area contributed by atoms with Gasteiger partial charge in [0.1, 0.15) is 17.1 Å². The summed E-state index contributed by atoms with van der Waals surface area (Å²) in [6.07, 6.45) is 3.02. The molecule has 0 saturated heterocycles. The molecular formula is C23H23NO4. The van der Waals surface area contributed by atoms with Gasteiger partial charge in [-0.15, -0.1) is 0 Å². The van der Waals surface area contributed by atoms with Crippen LogP contribution in [0.3, 0.4) is 0 Å². The first kappa shape index (κ1) is 18.3. The van der Waals surface area contributed by atoms with Crippen LogP contribution in [0.1, 0.15) is 44.2 Å². The van der Waals surface area contributed by atoms with E-state index >= 15 is 0 Å². The van der Waals surface area contributed by atoms with Crippen molar-refractivity contribution in [3.05, 3.63) is 59.7 Å². The van der Waals surface area contributed by atoms with Gasteiger partial charge >= 0.3 is 0 Å². The largest absolute Gasteiger partial charge is 0.495 e. The fraction of sp³-hybridized carbons (Fsp3) is 0.304.